The van der Waals surface area contributed by atoms with Crippen LogP contribution in [0, 0.1) is 6.92 Å². The highest BCUT2D eigenvalue weighted by molar-refractivity contribution is 6.01. The van der Waals surface area contributed by atoms with E-state index in [-0.39, 0.29) is 10.9 Å². The summed E-state index contributed by atoms with van der Waals surface area (Å²) in [4.78, 5) is 24.6. The number of fused-ring (bicyclic) bond motifs is 1. The molecule has 2 aromatic rings. The molecule has 0 atom stereocenters. The van der Waals surface area contributed by atoms with Crippen LogP contribution in [0.1, 0.15) is 16.1 Å². The Balaban J connectivity index is 2.93. The average Bonchev–Trinajstić information content (AvgIpc) is 2.47. The van der Waals surface area contributed by atoms with E-state index in [0.717, 1.165) is 6.26 Å². The number of pyridine rings is 1. The van der Waals surface area contributed by atoms with Crippen LogP contribution in [0.2, 0.25) is 0 Å². The molecule has 5 heteroatoms. The van der Waals surface area contributed by atoms with Crippen molar-refractivity contribution in [2.45, 2.75) is 6.92 Å². The van der Waals surface area contributed by atoms with Gasteiger partial charge in [0.15, 0.2) is 0 Å². The first-order chi connectivity index (χ1) is 6.59. The Bertz CT molecular complexity index is 564. The summed E-state index contributed by atoms with van der Waals surface area (Å²) >= 11 is 0. The summed E-state index contributed by atoms with van der Waals surface area (Å²) in [7, 11) is 0. The second kappa shape index (κ2) is 2.73. The number of carboxylic acids is 1. The Morgan fingerprint density at radius 3 is 2.93 bits per heavy atom. The molecule has 0 saturated heterocycles. The number of H-pyrrole nitrogens is 1. The standard InChI is InChI=1S/C9H7NO4/c1-4-2-6-7(8(11)10-4)5(3-14-6)9(12)13/h2-3H,1H3,(H,10,11)(H,12,13). The normalized spacial score (nSPS) is 10.6. The smallest absolute Gasteiger partial charge is 0.339 e. The maximum atomic E-state index is 11.4. The summed E-state index contributed by atoms with van der Waals surface area (Å²) in [6.45, 7) is 1.70. The Morgan fingerprint density at radius 2 is 2.29 bits per heavy atom. The van der Waals surface area contributed by atoms with Crippen molar-refractivity contribution in [1.29, 1.82) is 0 Å². The molecule has 0 bridgehead atoms. The summed E-state index contributed by atoms with van der Waals surface area (Å²) in [6.07, 6.45) is 1.07. The van der Waals surface area contributed by atoms with Gasteiger partial charge in [-0.3, -0.25) is 4.79 Å². The first-order valence-electron chi connectivity index (χ1n) is 3.94. The van der Waals surface area contributed by atoms with E-state index in [1.54, 1.807) is 13.0 Å². The minimum atomic E-state index is -1.17. The molecule has 0 aliphatic carbocycles. The number of aromatic amines is 1. The van der Waals surface area contributed by atoms with Gasteiger partial charge in [0.25, 0.3) is 5.56 Å². The third kappa shape index (κ3) is 1.10. The van der Waals surface area contributed by atoms with Gasteiger partial charge in [0.2, 0.25) is 0 Å². The van der Waals surface area contributed by atoms with Crippen molar-refractivity contribution in [2.75, 3.05) is 0 Å². The van der Waals surface area contributed by atoms with E-state index in [1.807, 2.05) is 0 Å². The van der Waals surface area contributed by atoms with E-state index >= 15 is 0 Å². The van der Waals surface area contributed by atoms with Gasteiger partial charge in [-0.05, 0) is 6.92 Å². The molecule has 2 heterocycles. The van der Waals surface area contributed by atoms with E-state index in [0.29, 0.717) is 11.3 Å². The van der Waals surface area contributed by atoms with Crippen LogP contribution in [0.4, 0.5) is 0 Å². The monoisotopic (exact) mass is 193 g/mol. The van der Waals surface area contributed by atoms with Crippen molar-refractivity contribution in [3.63, 3.8) is 0 Å². The molecule has 0 radical (unpaired) electrons. The van der Waals surface area contributed by atoms with Gasteiger partial charge in [0, 0.05) is 11.8 Å². The predicted molar refractivity (Wildman–Crippen MR) is 48.5 cm³/mol. The Kier molecular flexibility index (Phi) is 1.67. The van der Waals surface area contributed by atoms with Gasteiger partial charge < -0.3 is 14.5 Å². The third-order valence-corrected chi connectivity index (χ3v) is 1.94. The fraction of sp³-hybridized carbons (Fsp3) is 0.111. The van der Waals surface area contributed by atoms with Crippen molar-refractivity contribution >= 4 is 16.9 Å². The Labute approximate surface area is 78.0 Å². The lowest BCUT2D eigenvalue weighted by Gasteiger charge is -1.92. The maximum Gasteiger partial charge on any atom is 0.339 e. The highest BCUT2D eigenvalue weighted by Gasteiger charge is 2.15. The molecule has 0 saturated carbocycles. The Hall–Kier alpha value is -2.04. The molecular formula is C9H7NO4. The predicted octanol–water partition coefficient (Wildman–Crippen LogP) is 1.13. The molecule has 0 unspecified atom stereocenters. The second-order valence-electron chi connectivity index (χ2n) is 2.98. The molecule has 0 fully saturated rings. The molecule has 0 amide bonds. The van der Waals surface area contributed by atoms with Gasteiger partial charge in [0.1, 0.15) is 22.8 Å². The fourth-order valence-corrected chi connectivity index (χ4v) is 1.35. The summed E-state index contributed by atoms with van der Waals surface area (Å²) < 4.78 is 4.97. The summed E-state index contributed by atoms with van der Waals surface area (Å²) in [5.41, 5.74) is 0.379. The molecule has 14 heavy (non-hydrogen) atoms. The lowest BCUT2D eigenvalue weighted by molar-refractivity contribution is 0.0698. The number of aryl methyl sites for hydroxylation is 1. The van der Waals surface area contributed by atoms with Crippen LogP contribution in [0.5, 0.6) is 0 Å². The zero-order valence-electron chi connectivity index (χ0n) is 7.33. The van der Waals surface area contributed by atoms with Gasteiger partial charge in [-0.1, -0.05) is 0 Å². The van der Waals surface area contributed by atoms with Crippen LogP contribution < -0.4 is 5.56 Å². The number of carbonyl (C=O) groups is 1. The minimum Gasteiger partial charge on any atom is -0.478 e. The van der Waals surface area contributed by atoms with E-state index < -0.39 is 11.5 Å². The first-order valence-corrected chi connectivity index (χ1v) is 3.94. The van der Waals surface area contributed by atoms with Crippen molar-refractivity contribution in [3.05, 3.63) is 33.9 Å². The van der Waals surface area contributed by atoms with Crippen molar-refractivity contribution < 1.29 is 14.3 Å². The lowest BCUT2D eigenvalue weighted by Crippen LogP contribution is -2.09. The van der Waals surface area contributed by atoms with Crippen LogP contribution in [0.15, 0.2) is 21.5 Å². The van der Waals surface area contributed by atoms with Crippen molar-refractivity contribution in [3.8, 4) is 0 Å². The van der Waals surface area contributed by atoms with Crippen LogP contribution in [0.25, 0.3) is 11.0 Å². The number of carboxylic acid groups (broad SMARTS) is 1. The molecule has 0 aliphatic heterocycles. The minimum absolute atomic E-state index is 0.0862. The van der Waals surface area contributed by atoms with Gasteiger partial charge >= 0.3 is 5.97 Å². The number of hydrogen-bond donors (Lipinski definition) is 2. The zero-order chi connectivity index (χ0) is 10.3. The number of rotatable bonds is 1. The van der Waals surface area contributed by atoms with Gasteiger partial charge in [-0.15, -0.1) is 0 Å². The highest BCUT2D eigenvalue weighted by atomic mass is 16.4. The van der Waals surface area contributed by atoms with Gasteiger partial charge in [-0.25, -0.2) is 4.79 Å². The van der Waals surface area contributed by atoms with E-state index in [9.17, 15) is 9.59 Å². The summed E-state index contributed by atoms with van der Waals surface area (Å²) in [5.74, 6) is -1.17. The third-order valence-electron chi connectivity index (χ3n) is 1.94. The van der Waals surface area contributed by atoms with Crippen molar-refractivity contribution in [1.82, 2.24) is 4.98 Å². The molecule has 2 N–H and O–H groups in total. The summed E-state index contributed by atoms with van der Waals surface area (Å²) in [6, 6.07) is 1.59. The molecule has 2 aromatic heterocycles. The fourth-order valence-electron chi connectivity index (χ4n) is 1.35. The molecule has 72 valence electrons. The Morgan fingerprint density at radius 1 is 1.57 bits per heavy atom. The van der Waals surface area contributed by atoms with Crippen LogP contribution >= 0.6 is 0 Å². The largest absolute Gasteiger partial charge is 0.478 e. The number of nitrogens with one attached hydrogen (secondary N) is 1. The molecule has 0 aliphatic rings. The maximum absolute atomic E-state index is 11.4. The molecule has 2 rings (SSSR count). The average molecular weight is 193 g/mol. The van der Waals surface area contributed by atoms with Gasteiger partial charge in [0.05, 0.1) is 0 Å². The highest BCUT2D eigenvalue weighted by Crippen LogP contribution is 2.17. The van der Waals surface area contributed by atoms with E-state index in [1.165, 1.54) is 0 Å². The molecule has 0 aromatic carbocycles. The van der Waals surface area contributed by atoms with Crippen LogP contribution in [0.3, 0.4) is 0 Å². The zero-order valence-corrected chi connectivity index (χ0v) is 7.33. The van der Waals surface area contributed by atoms with Crippen molar-refractivity contribution in [2.24, 2.45) is 0 Å². The van der Waals surface area contributed by atoms with Crippen LogP contribution in [-0.4, -0.2) is 16.1 Å². The number of furan rings is 1. The quantitative estimate of drug-likeness (QED) is 0.711. The van der Waals surface area contributed by atoms with E-state index in [4.69, 9.17) is 9.52 Å². The topological polar surface area (TPSA) is 83.3 Å². The van der Waals surface area contributed by atoms with Gasteiger partial charge in [-0.2, -0.15) is 0 Å². The number of hydrogen-bond acceptors (Lipinski definition) is 3. The number of aromatic carboxylic acids is 1. The van der Waals surface area contributed by atoms with Crippen LogP contribution in [-0.2, 0) is 0 Å². The first kappa shape index (κ1) is 8.55. The second-order valence-corrected chi connectivity index (χ2v) is 2.98. The lowest BCUT2D eigenvalue weighted by atomic mass is 10.2. The molecule has 0 spiro atoms. The number of aromatic nitrogens is 1. The molecular weight excluding hydrogens is 186 g/mol. The SMILES string of the molecule is Cc1cc2occ(C(=O)O)c2c(=O)[nH]1. The molecule has 5 nitrogen and oxygen atoms in total. The van der Waals surface area contributed by atoms with E-state index in [2.05, 4.69) is 4.98 Å². The summed E-state index contributed by atoms with van der Waals surface area (Å²) in [5, 5.41) is 8.84.